The van der Waals surface area contributed by atoms with Crippen LogP contribution in [0.15, 0.2) is 29.2 Å². The van der Waals surface area contributed by atoms with E-state index in [1.807, 2.05) is 5.32 Å². The molecule has 0 aliphatic heterocycles. The van der Waals surface area contributed by atoms with Crippen molar-refractivity contribution < 1.29 is 19.5 Å². The number of thioether (sulfide) groups is 1. The SMILES string of the molecule is NC(=O)NC(=O)CSc1ccc(CC(=O)O)cc1. The minimum Gasteiger partial charge on any atom is -0.481 e. The summed E-state index contributed by atoms with van der Waals surface area (Å²) in [6.07, 6.45) is -0.0346. The number of benzene rings is 1. The fraction of sp³-hybridized carbons (Fsp3) is 0.182. The van der Waals surface area contributed by atoms with Gasteiger partial charge in [-0.25, -0.2) is 4.79 Å². The molecule has 0 aliphatic carbocycles. The molecule has 0 aromatic heterocycles. The number of nitrogens with one attached hydrogen (secondary N) is 1. The van der Waals surface area contributed by atoms with E-state index >= 15 is 0 Å². The van der Waals surface area contributed by atoms with E-state index in [1.165, 1.54) is 11.8 Å². The number of amides is 3. The molecular weight excluding hydrogens is 256 g/mol. The molecule has 0 aliphatic rings. The lowest BCUT2D eigenvalue weighted by atomic mass is 10.2. The Morgan fingerprint density at radius 3 is 2.33 bits per heavy atom. The number of imide groups is 1. The lowest BCUT2D eigenvalue weighted by Crippen LogP contribution is -2.36. The largest absolute Gasteiger partial charge is 0.481 e. The first-order valence-corrected chi connectivity index (χ1v) is 5.99. The predicted octanol–water partition coefficient (Wildman–Crippen LogP) is 0.601. The summed E-state index contributed by atoms with van der Waals surface area (Å²) in [6.45, 7) is 0. The van der Waals surface area contributed by atoms with E-state index in [1.54, 1.807) is 24.3 Å². The van der Waals surface area contributed by atoms with Crippen LogP contribution in [0.4, 0.5) is 4.79 Å². The van der Waals surface area contributed by atoms with E-state index in [-0.39, 0.29) is 12.2 Å². The molecule has 0 bridgehead atoms. The minimum atomic E-state index is -0.892. The van der Waals surface area contributed by atoms with Crippen LogP contribution in [-0.2, 0) is 16.0 Å². The summed E-state index contributed by atoms with van der Waals surface area (Å²) in [4.78, 5) is 32.8. The number of carbonyl (C=O) groups excluding carboxylic acids is 2. The molecule has 0 radical (unpaired) electrons. The Hall–Kier alpha value is -2.02. The monoisotopic (exact) mass is 268 g/mol. The van der Waals surface area contributed by atoms with E-state index in [2.05, 4.69) is 0 Å². The normalized spacial score (nSPS) is 9.78. The molecule has 0 saturated carbocycles. The summed E-state index contributed by atoms with van der Waals surface area (Å²) in [5.74, 6) is -1.29. The number of aliphatic carboxylic acids is 1. The van der Waals surface area contributed by atoms with Crippen molar-refractivity contribution in [2.75, 3.05) is 5.75 Å². The van der Waals surface area contributed by atoms with Crippen molar-refractivity contribution in [3.05, 3.63) is 29.8 Å². The second kappa shape index (κ2) is 6.65. The fourth-order valence-electron chi connectivity index (χ4n) is 1.20. The number of hydrogen-bond acceptors (Lipinski definition) is 4. The van der Waals surface area contributed by atoms with Gasteiger partial charge in [0.25, 0.3) is 0 Å². The first-order chi connectivity index (χ1) is 8.47. The van der Waals surface area contributed by atoms with Crippen molar-refractivity contribution in [3.63, 3.8) is 0 Å². The summed E-state index contributed by atoms with van der Waals surface area (Å²) in [6, 6.07) is 5.93. The topological polar surface area (TPSA) is 109 Å². The molecule has 6 nitrogen and oxygen atoms in total. The standard InChI is InChI=1S/C11H12N2O4S/c12-11(17)13-9(14)6-18-8-3-1-7(2-4-8)5-10(15)16/h1-4H,5-6H2,(H,15,16)(H3,12,13,14,17). The molecule has 96 valence electrons. The number of primary amides is 1. The Balaban J connectivity index is 2.46. The third-order valence-corrected chi connectivity index (χ3v) is 2.92. The lowest BCUT2D eigenvalue weighted by Gasteiger charge is -2.02. The molecule has 4 N–H and O–H groups in total. The van der Waals surface area contributed by atoms with E-state index in [4.69, 9.17) is 10.8 Å². The van der Waals surface area contributed by atoms with Crippen LogP contribution < -0.4 is 11.1 Å². The Kier molecular flexibility index (Phi) is 5.19. The molecule has 0 saturated heterocycles. The van der Waals surface area contributed by atoms with Crippen LogP contribution in [0.3, 0.4) is 0 Å². The maximum absolute atomic E-state index is 11.1. The van der Waals surface area contributed by atoms with Crippen LogP contribution in [0.2, 0.25) is 0 Å². The number of rotatable bonds is 5. The maximum Gasteiger partial charge on any atom is 0.318 e. The zero-order valence-corrected chi connectivity index (χ0v) is 10.2. The van der Waals surface area contributed by atoms with E-state index in [0.29, 0.717) is 5.56 Å². The quantitative estimate of drug-likeness (QED) is 0.677. The number of hydrogen-bond donors (Lipinski definition) is 3. The minimum absolute atomic E-state index is 0.0346. The number of carboxylic acids is 1. The summed E-state index contributed by atoms with van der Waals surface area (Å²) in [5, 5.41) is 10.5. The van der Waals surface area contributed by atoms with Gasteiger partial charge < -0.3 is 10.8 Å². The van der Waals surface area contributed by atoms with Gasteiger partial charge in [0.1, 0.15) is 0 Å². The second-order valence-corrected chi connectivity index (χ2v) is 4.46. The van der Waals surface area contributed by atoms with Crippen LogP contribution in [0, 0.1) is 0 Å². The fourth-order valence-corrected chi connectivity index (χ4v) is 1.90. The summed E-state index contributed by atoms with van der Waals surface area (Å²) in [5.41, 5.74) is 5.48. The Morgan fingerprint density at radius 2 is 1.83 bits per heavy atom. The van der Waals surface area contributed by atoms with Crippen molar-refractivity contribution in [2.24, 2.45) is 5.73 Å². The Bertz CT molecular complexity index is 459. The van der Waals surface area contributed by atoms with Gasteiger partial charge >= 0.3 is 12.0 Å². The van der Waals surface area contributed by atoms with E-state index in [9.17, 15) is 14.4 Å². The van der Waals surface area contributed by atoms with Crippen molar-refractivity contribution in [3.8, 4) is 0 Å². The van der Waals surface area contributed by atoms with Crippen LogP contribution in [0.1, 0.15) is 5.56 Å². The highest BCUT2D eigenvalue weighted by Crippen LogP contribution is 2.18. The summed E-state index contributed by atoms with van der Waals surface area (Å²) in [7, 11) is 0. The Labute approximate surface area is 108 Å². The third-order valence-electron chi connectivity index (χ3n) is 1.91. The molecule has 0 fully saturated rings. The molecule has 7 heteroatoms. The van der Waals surface area contributed by atoms with Gasteiger partial charge in [0.15, 0.2) is 0 Å². The number of carbonyl (C=O) groups is 3. The number of urea groups is 1. The molecule has 3 amide bonds. The van der Waals surface area contributed by atoms with Crippen molar-refractivity contribution >= 4 is 29.7 Å². The van der Waals surface area contributed by atoms with Gasteiger partial charge in [0, 0.05) is 4.90 Å². The van der Waals surface area contributed by atoms with E-state index in [0.717, 1.165) is 4.90 Å². The van der Waals surface area contributed by atoms with Gasteiger partial charge in [0.05, 0.1) is 12.2 Å². The van der Waals surface area contributed by atoms with Gasteiger partial charge in [-0.3, -0.25) is 14.9 Å². The van der Waals surface area contributed by atoms with Gasteiger partial charge in [-0.15, -0.1) is 11.8 Å². The zero-order valence-electron chi connectivity index (χ0n) is 9.38. The van der Waals surface area contributed by atoms with Crippen molar-refractivity contribution in [1.82, 2.24) is 5.32 Å². The second-order valence-electron chi connectivity index (χ2n) is 3.42. The highest BCUT2D eigenvalue weighted by atomic mass is 32.2. The average molecular weight is 268 g/mol. The molecule has 18 heavy (non-hydrogen) atoms. The van der Waals surface area contributed by atoms with Crippen LogP contribution >= 0.6 is 11.8 Å². The summed E-state index contributed by atoms with van der Waals surface area (Å²) < 4.78 is 0. The third kappa shape index (κ3) is 5.35. The average Bonchev–Trinajstić information content (AvgIpc) is 2.26. The molecule has 0 atom stereocenters. The number of carboxylic acid groups (broad SMARTS) is 1. The molecule has 1 aromatic carbocycles. The predicted molar refractivity (Wildman–Crippen MR) is 66.2 cm³/mol. The number of nitrogens with two attached hydrogens (primary N) is 1. The molecule has 0 spiro atoms. The van der Waals surface area contributed by atoms with Gasteiger partial charge in [0.2, 0.25) is 5.91 Å². The molecule has 0 heterocycles. The van der Waals surface area contributed by atoms with Gasteiger partial charge in [-0.05, 0) is 17.7 Å². The zero-order chi connectivity index (χ0) is 13.5. The van der Waals surface area contributed by atoms with Crippen LogP contribution in [0.5, 0.6) is 0 Å². The molecule has 1 rings (SSSR count). The Morgan fingerprint density at radius 1 is 1.22 bits per heavy atom. The highest BCUT2D eigenvalue weighted by Gasteiger charge is 2.05. The molecular formula is C11H12N2O4S. The van der Waals surface area contributed by atoms with Gasteiger partial charge in [-0.2, -0.15) is 0 Å². The molecule has 0 unspecified atom stereocenters. The van der Waals surface area contributed by atoms with Gasteiger partial charge in [-0.1, -0.05) is 12.1 Å². The first-order valence-electron chi connectivity index (χ1n) is 5.00. The van der Waals surface area contributed by atoms with Crippen molar-refractivity contribution in [2.45, 2.75) is 11.3 Å². The highest BCUT2D eigenvalue weighted by molar-refractivity contribution is 8.00. The van der Waals surface area contributed by atoms with Crippen LogP contribution in [-0.4, -0.2) is 28.8 Å². The lowest BCUT2D eigenvalue weighted by molar-refractivity contribution is -0.136. The first kappa shape index (κ1) is 14.0. The van der Waals surface area contributed by atoms with Crippen molar-refractivity contribution in [1.29, 1.82) is 0 Å². The maximum atomic E-state index is 11.1. The summed E-state index contributed by atoms with van der Waals surface area (Å²) >= 11 is 1.23. The van der Waals surface area contributed by atoms with Crippen LogP contribution in [0.25, 0.3) is 0 Å². The molecule has 1 aromatic rings. The van der Waals surface area contributed by atoms with E-state index < -0.39 is 17.9 Å². The smallest absolute Gasteiger partial charge is 0.318 e.